The standard InChI is InChI=1S/C22H23N3O5/c1-14(21(27)28)24-20(26)19(11-16-12-23-18-10-6-5-9-17(16)18)25-22(29)30-13-15-7-3-2-4-8-15/h2-10,12,14,19,23H,11,13H2,1H3,(H,24,26)(H,25,29)(H,27,28)/t14-,19-/m0/s1. The molecule has 4 N–H and O–H groups in total. The largest absolute Gasteiger partial charge is 0.480 e. The van der Waals surface area contributed by atoms with E-state index in [2.05, 4.69) is 15.6 Å². The molecule has 2 amide bonds. The van der Waals surface area contributed by atoms with Crippen LogP contribution in [0.5, 0.6) is 0 Å². The minimum absolute atomic E-state index is 0.0552. The number of alkyl carbamates (subject to hydrolysis) is 1. The van der Waals surface area contributed by atoms with Crippen LogP contribution in [0.15, 0.2) is 60.8 Å². The van der Waals surface area contributed by atoms with Gasteiger partial charge in [-0.15, -0.1) is 0 Å². The van der Waals surface area contributed by atoms with E-state index in [0.717, 1.165) is 22.0 Å². The maximum absolute atomic E-state index is 12.7. The van der Waals surface area contributed by atoms with Gasteiger partial charge in [0.05, 0.1) is 0 Å². The molecule has 0 spiro atoms. The van der Waals surface area contributed by atoms with Crippen molar-refractivity contribution in [2.75, 3.05) is 0 Å². The first-order valence-corrected chi connectivity index (χ1v) is 9.49. The number of carbonyl (C=O) groups excluding carboxylic acids is 2. The fraction of sp³-hybridized carbons (Fsp3) is 0.227. The Hall–Kier alpha value is -3.81. The Bertz CT molecular complexity index is 1030. The van der Waals surface area contributed by atoms with Crippen molar-refractivity contribution >= 4 is 28.9 Å². The Balaban J connectivity index is 1.72. The number of rotatable bonds is 8. The van der Waals surface area contributed by atoms with E-state index in [1.807, 2.05) is 54.6 Å². The van der Waals surface area contributed by atoms with Crippen molar-refractivity contribution in [3.8, 4) is 0 Å². The zero-order valence-electron chi connectivity index (χ0n) is 16.4. The highest BCUT2D eigenvalue weighted by Gasteiger charge is 2.26. The lowest BCUT2D eigenvalue weighted by Crippen LogP contribution is -2.51. The normalized spacial score (nSPS) is 12.7. The molecule has 2 aromatic carbocycles. The van der Waals surface area contributed by atoms with Gasteiger partial charge in [-0.2, -0.15) is 0 Å². The number of nitrogens with one attached hydrogen (secondary N) is 3. The highest BCUT2D eigenvalue weighted by Crippen LogP contribution is 2.19. The topological polar surface area (TPSA) is 121 Å². The molecule has 0 bridgehead atoms. The van der Waals surface area contributed by atoms with Crippen LogP contribution in [-0.2, 0) is 27.4 Å². The van der Waals surface area contributed by atoms with Crippen molar-refractivity contribution in [2.24, 2.45) is 0 Å². The lowest BCUT2D eigenvalue weighted by molar-refractivity contribution is -0.141. The smallest absolute Gasteiger partial charge is 0.408 e. The molecule has 30 heavy (non-hydrogen) atoms. The van der Waals surface area contributed by atoms with E-state index in [1.165, 1.54) is 6.92 Å². The highest BCUT2D eigenvalue weighted by atomic mass is 16.5. The van der Waals surface area contributed by atoms with Crippen LogP contribution in [0.2, 0.25) is 0 Å². The van der Waals surface area contributed by atoms with Crippen LogP contribution >= 0.6 is 0 Å². The molecule has 0 aliphatic carbocycles. The Morgan fingerprint density at radius 1 is 1.03 bits per heavy atom. The van der Waals surface area contributed by atoms with E-state index in [9.17, 15) is 14.4 Å². The summed E-state index contributed by atoms with van der Waals surface area (Å²) < 4.78 is 5.21. The number of carbonyl (C=O) groups is 3. The number of carboxylic acids is 1. The van der Waals surface area contributed by atoms with Crippen molar-refractivity contribution in [1.82, 2.24) is 15.6 Å². The summed E-state index contributed by atoms with van der Waals surface area (Å²) in [4.78, 5) is 39.2. The van der Waals surface area contributed by atoms with Gasteiger partial charge in [0.1, 0.15) is 18.7 Å². The quantitative estimate of drug-likeness (QED) is 0.456. The van der Waals surface area contributed by atoms with Gasteiger partial charge in [0, 0.05) is 23.5 Å². The van der Waals surface area contributed by atoms with E-state index in [0.29, 0.717) is 0 Å². The lowest BCUT2D eigenvalue weighted by atomic mass is 10.0. The first-order chi connectivity index (χ1) is 14.4. The molecule has 1 aromatic heterocycles. The molecule has 0 fully saturated rings. The zero-order chi connectivity index (χ0) is 21.5. The average Bonchev–Trinajstić information content (AvgIpc) is 3.15. The van der Waals surface area contributed by atoms with Gasteiger partial charge in [-0.1, -0.05) is 48.5 Å². The number of hydrogen-bond acceptors (Lipinski definition) is 4. The number of ether oxygens (including phenoxy) is 1. The Labute approximate surface area is 173 Å². The molecule has 0 aliphatic heterocycles. The van der Waals surface area contributed by atoms with Crippen molar-refractivity contribution in [3.05, 3.63) is 71.9 Å². The minimum atomic E-state index is -1.17. The molecule has 0 radical (unpaired) electrons. The molecule has 8 nitrogen and oxygen atoms in total. The van der Waals surface area contributed by atoms with Crippen molar-refractivity contribution in [3.63, 3.8) is 0 Å². The second kappa shape index (κ2) is 9.60. The van der Waals surface area contributed by atoms with Gasteiger partial charge in [-0.25, -0.2) is 4.79 Å². The number of aromatic amines is 1. The third-order valence-corrected chi connectivity index (χ3v) is 4.65. The molecule has 3 aromatic rings. The molecular formula is C22H23N3O5. The van der Waals surface area contributed by atoms with Crippen LogP contribution in [0.3, 0.4) is 0 Å². The van der Waals surface area contributed by atoms with Gasteiger partial charge in [-0.05, 0) is 24.1 Å². The molecule has 156 valence electrons. The van der Waals surface area contributed by atoms with E-state index in [4.69, 9.17) is 9.84 Å². The van der Waals surface area contributed by atoms with Gasteiger partial charge in [0.15, 0.2) is 0 Å². The van der Waals surface area contributed by atoms with Crippen molar-refractivity contribution in [1.29, 1.82) is 0 Å². The molecule has 2 atom stereocenters. The van der Waals surface area contributed by atoms with Gasteiger partial charge in [-0.3, -0.25) is 9.59 Å². The average molecular weight is 409 g/mol. The van der Waals surface area contributed by atoms with Crippen molar-refractivity contribution in [2.45, 2.75) is 32.0 Å². The third-order valence-electron chi connectivity index (χ3n) is 4.65. The van der Waals surface area contributed by atoms with Crippen LogP contribution in [0, 0.1) is 0 Å². The molecule has 1 heterocycles. The second-order valence-corrected chi connectivity index (χ2v) is 6.89. The number of amides is 2. The van der Waals surface area contributed by atoms with Crippen LogP contribution in [-0.4, -0.2) is 40.1 Å². The molecule has 8 heteroatoms. The first-order valence-electron chi connectivity index (χ1n) is 9.49. The number of carboxylic acid groups (broad SMARTS) is 1. The van der Waals surface area contributed by atoms with Crippen LogP contribution < -0.4 is 10.6 Å². The lowest BCUT2D eigenvalue weighted by Gasteiger charge is -2.19. The molecule has 0 saturated carbocycles. The highest BCUT2D eigenvalue weighted by molar-refractivity contribution is 5.90. The number of benzene rings is 2. The first kappa shape index (κ1) is 20.9. The van der Waals surface area contributed by atoms with E-state index in [-0.39, 0.29) is 13.0 Å². The summed E-state index contributed by atoms with van der Waals surface area (Å²) in [6, 6.07) is 14.6. The number of aromatic nitrogens is 1. The second-order valence-electron chi connectivity index (χ2n) is 6.89. The fourth-order valence-corrected chi connectivity index (χ4v) is 3.01. The fourth-order valence-electron chi connectivity index (χ4n) is 3.01. The van der Waals surface area contributed by atoms with E-state index < -0.39 is 30.1 Å². The zero-order valence-corrected chi connectivity index (χ0v) is 16.4. The van der Waals surface area contributed by atoms with Crippen LogP contribution in [0.25, 0.3) is 10.9 Å². The molecule has 0 saturated heterocycles. The molecular weight excluding hydrogens is 386 g/mol. The number of aliphatic carboxylic acids is 1. The summed E-state index contributed by atoms with van der Waals surface area (Å²) in [5.74, 6) is -1.77. The molecule has 0 unspecified atom stereocenters. The molecule has 0 aliphatic rings. The monoisotopic (exact) mass is 409 g/mol. The summed E-state index contributed by atoms with van der Waals surface area (Å²) in [5.41, 5.74) is 2.53. The van der Waals surface area contributed by atoms with Gasteiger partial charge in [0.2, 0.25) is 5.91 Å². The minimum Gasteiger partial charge on any atom is -0.480 e. The maximum atomic E-state index is 12.7. The summed E-state index contributed by atoms with van der Waals surface area (Å²) >= 11 is 0. The number of para-hydroxylation sites is 1. The van der Waals surface area contributed by atoms with Crippen LogP contribution in [0.4, 0.5) is 4.79 Å². The van der Waals surface area contributed by atoms with Gasteiger partial charge < -0.3 is 25.5 Å². The number of H-pyrrole nitrogens is 1. The maximum Gasteiger partial charge on any atom is 0.408 e. The number of hydrogen-bond donors (Lipinski definition) is 4. The Morgan fingerprint density at radius 3 is 2.47 bits per heavy atom. The number of fused-ring (bicyclic) bond motifs is 1. The van der Waals surface area contributed by atoms with E-state index in [1.54, 1.807) is 6.20 Å². The van der Waals surface area contributed by atoms with Gasteiger partial charge in [0.25, 0.3) is 0 Å². The Morgan fingerprint density at radius 2 is 1.73 bits per heavy atom. The molecule has 3 rings (SSSR count). The summed E-state index contributed by atoms with van der Waals surface area (Å²) in [6.45, 7) is 1.41. The Kier molecular flexibility index (Phi) is 6.69. The summed E-state index contributed by atoms with van der Waals surface area (Å²) in [7, 11) is 0. The van der Waals surface area contributed by atoms with Crippen molar-refractivity contribution < 1.29 is 24.2 Å². The summed E-state index contributed by atoms with van der Waals surface area (Å²) in [5, 5.41) is 14.9. The third kappa shape index (κ3) is 5.38. The SMILES string of the molecule is C[C@H](NC(=O)[C@H](Cc1c[nH]c2ccccc12)NC(=O)OCc1ccccc1)C(=O)O. The predicted molar refractivity (Wildman–Crippen MR) is 111 cm³/mol. The van der Waals surface area contributed by atoms with Gasteiger partial charge >= 0.3 is 12.1 Å². The van der Waals surface area contributed by atoms with Crippen LogP contribution in [0.1, 0.15) is 18.1 Å². The van der Waals surface area contributed by atoms with E-state index >= 15 is 0 Å². The predicted octanol–water partition coefficient (Wildman–Crippen LogP) is 2.59. The summed E-state index contributed by atoms with van der Waals surface area (Å²) in [6.07, 6.45) is 1.17.